The number of halogens is 3. The van der Waals surface area contributed by atoms with Gasteiger partial charge in [-0.3, -0.25) is 0 Å². The molecule has 0 saturated heterocycles. The smallest absolute Gasteiger partial charge is 0.335 e. The van der Waals surface area contributed by atoms with Gasteiger partial charge in [-0.1, -0.05) is 6.42 Å². The monoisotopic (exact) mass is 270 g/mol. The summed E-state index contributed by atoms with van der Waals surface area (Å²) in [4.78, 5) is 11.2. The van der Waals surface area contributed by atoms with E-state index in [0.29, 0.717) is 5.25 Å². The third kappa shape index (κ3) is 6.05. The number of urea groups is 1. The minimum Gasteiger partial charge on any atom is -0.335 e. The molecular formula is C10H17F3N2OS. The topological polar surface area (TPSA) is 41.1 Å². The van der Waals surface area contributed by atoms with Gasteiger partial charge in [0.1, 0.15) is 6.54 Å². The largest absolute Gasteiger partial charge is 0.405 e. The quantitative estimate of drug-likeness (QED) is 0.827. The first kappa shape index (κ1) is 14.5. The Kier molecular flexibility index (Phi) is 5.42. The van der Waals surface area contributed by atoms with E-state index in [0.717, 1.165) is 25.7 Å². The van der Waals surface area contributed by atoms with Gasteiger partial charge in [0.05, 0.1) is 0 Å². The van der Waals surface area contributed by atoms with E-state index in [1.165, 1.54) is 0 Å². The summed E-state index contributed by atoms with van der Waals surface area (Å²) in [6.07, 6.45) is 1.46. The van der Waals surface area contributed by atoms with Crippen molar-refractivity contribution in [1.82, 2.24) is 10.6 Å². The number of carbonyl (C=O) groups excluding carboxylic acids is 1. The second kappa shape index (κ2) is 6.37. The zero-order valence-electron chi connectivity index (χ0n) is 9.64. The second-order valence-corrected chi connectivity index (χ2v) is 5.30. The Hall–Kier alpha value is -0.590. The van der Waals surface area contributed by atoms with Crippen LogP contribution >= 0.6 is 11.8 Å². The summed E-state index contributed by atoms with van der Waals surface area (Å²) < 4.78 is 35.6. The van der Waals surface area contributed by atoms with Gasteiger partial charge in [-0.2, -0.15) is 24.9 Å². The molecule has 1 aliphatic carbocycles. The standard InChI is InChI=1S/C10H17F3N2OS/c1-17-8-4-2-3-7(5-8)15-9(16)14-6-10(11,12)13/h7-8H,2-6H2,1H3,(H2,14,15,16). The first-order valence-corrected chi connectivity index (χ1v) is 6.83. The van der Waals surface area contributed by atoms with Gasteiger partial charge in [0.15, 0.2) is 0 Å². The summed E-state index contributed by atoms with van der Waals surface area (Å²) >= 11 is 1.74. The minimum absolute atomic E-state index is 0.00515. The summed E-state index contributed by atoms with van der Waals surface area (Å²) in [5, 5.41) is 4.91. The molecule has 1 rings (SSSR count). The van der Waals surface area contributed by atoms with E-state index in [2.05, 4.69) is 5.32 Å². The van der Waals surface area contributed by atoms with Gasteiger partial charge in [-0.15, -0.1) is 0 Å². The van der Waals surface area contributed by atoms with Crippen LogP contribution in [0.15, 0.2) is 0 Å². The van der Waals surface area contributed by atoms with Crippen molar-refractivity contribution in [3.63, 3.8) is 0 Å². The number of amides is 2. The van der Waals surface area contributed by atoms with E-state index < -0.39 is 18.8 Å². The van der Waals surface area contributed by atoms with Crippen molar-refractivity contribution in [3.8, 4) is 0 Å². The molecule has 0 radical (unpaired) electrons. The highest BCUT2D eigenvalue weighted by atomic mass is 32.2. The Morgan fingerprint density at radius 2 is 2.12 bits per heavy atom. The van der Waals surface area contributed by atoms with Gasteiger partial charge >= 0.3 is 12.2 Å². The van der Waals surface area contributed by atoms with Crippen LogP contribution in [0.3, 0.4) is 0 Å². The molecule has 100 valence electrons. The van der Waals surface area contributed by atoms with Crippen LogP contribution in [0.1, 0.15) is 25.7 Å². The zero-order valence-corrected chi connectivity index (χ0v) is 10.5. The maximum absolute atomic E-state index is 11.9. The average Bonchev–Trinajstić information content (AvgIpc) is 2.26. The highest BCUT2D eigenvalue weighted by molar-refractivity contribution is 7.99. The van der Waals surface area contributed by atoms with Crippen LogP contribution in [0, 0.1) is 0 Å². The van der Waals surface area contributed by atoms with Crippen molar-refractivity contribution < 1.29 is 18.0 Å². The van der Waals surface area contributed by atoms with E-state index in [9.17, 15) is 18.0 Å². The molecular weight excluding hydrogens is 253 g/mol. The van der Waals surface area contributed by atoms with Crippen molar-refractivity contribution in [1.29, 1.82) is 0 Å². The van der Waals surface area contributed by atoms with Crippen LogP contribution in [-0.4, -0.2) is 36.3 Å². The molecule has 0 aliphatic heterocycles. The average molecular weight is 270 g/mol. The number of rotatable bonds is 3. The molecule has 2 amide bonds. The predicted molar refractivity (Wildman–Crippen MR) is 62.1 cm³/mol. The highest BCUT2D eigenvalue weighted by Crippen LogP contribution is 2.26. The molecule has 17 heavy (non-hydrogen) atoms. The first-order chi connectivity index (χ1) is 7.90. The maximum Gasteiger partial charge on any atom is 0.405 e. The van der Waals surface area contributed by atoms with Crippen molar-refractivity contribution >= 4 is 17.8 Å². The number of hydrogen-bond donors (Lipinski definition) is 2. The lowest BCUT2D eigenvalue weighted by Gasteiger charge is -2.28. The molecule has 2 unspecified atom stereocenters. The van der Waals surface area contributed by atoms with Crippen molar-refractivity contribution in [2.24, 2.45) is 0 Å². The molecule has 3 nitrogen and oxygen atoms in total. The summed E-state index contributed by atoms with van der Waals surface area (Å²) in [6.45, 7) is -1.28. The van der Waals surface area contributed by atoms with Gasteiger partial charge in [0.2, 0.25) is 0 Å². The van der Waals surface area contributed by atoms with Crippen molar-refractivity contribution in [3.05, 3.63) is 0 Å². The fourth-order valence-electron chi connectivity index (χ4n) is 1.91. The number of hydrogen-bond acceptors (Lipinski definition) is 2. The van der Waals surface area contributed by atoms with Crippen LogP contribution in [0.25, 0.3) is 0 Å². The fourth-order valence-corrected chi connectivity index (χ4v) is 2.73. The van der Waals surface area contributed by atoms with E-state index in [-0.39, 0.29) is 6.04 Å². The van der Waals surface area contributed by atoms with Crippen LogP contribution in [-0.2, 0) is 0 Å². The molecule has 0 bridgehead atoms. The van der Waals surface area contributed by atoms with Crippen molar-refractivity contribution in [2.75, 3.05) is 12.8 Å². The Labute approximate surface area is 103 Å². The Balaban J connectivity index is 2.26. The Bertz CT molecular complexity index is 260. The van der Waals surface area contributed by atoms with Crippen molar-refractivity contribution in [2.45, 2.75) is 43.2 Å². The minimum atomic E-state index is -4.36. The third-order valence-electron chi connectivity index (χ3n) is 2.74. The zero-order chi connectivity index (χ0) is 12.9. The molecule has 7 heteroatoms. The molecule has 0 aromatic rings. The molecule has 0 heterocycles. The Morgan fingerprint density at radius 3 is 2.71 bits per heavy atom. The van der Waals surface area contributed by atoms with E-state index in [4.69, 9.17) is 0 Å². The molecule has 0 aromatic carbocycles. The fraction of sp³-hybridized carbons (Fsp3) is 0.900. The lowest BCUT2D eigenvalue weighted by molar-refractivity contribution is -0.122. The summed E-state index contributed by atoms with van der Waals surface area (Å²) in [6, 6.07) is -0.733. The second-order valence-electron chi connectivity index (χ2n) is 4.16. The molecule has 1 aliphatic rings. The lowest BCUT2D eigenvalue weighted by Crippen LogP contribution is -2.46. The molecule has 1 fully saturated rings. The molecule has 0 aromatic heterocycles. The third-order valence-corrected chi connectivity index (χ3v) is 3.84. The SMILES string of the molecule is CSC1CCCC(NC(=O)NCC(F)(F)F)C1. The van der Waals surface area contributed by atoms with Crippen LogP contribution < -0.4 is 10.6 Å². The first-order valence-electron chi connectivity index (χ1n) is 5.54. The number of carbonyl (C=O) groups is 1. The molecule has 0 spiro atoms. The number of thioether (sulfide) groups is 1. The Morgan fingerprint density at radius 1 is 1.41 bits per heavy atom. The van der Waals surface area contributed by atoms with E-state index in [1.807, 2.05) is 11.6 Å². The van der Waals surface area contributed by atoms with Gasteiger partial charge < -0.3 is 10.6 Å². The number of alkyl halides is 3. The highest BCUT2D eigenvalue weighted by Gasteiger charge is 2.28. The van der Waals surface area contributed by atoms with Gasteiger partial charge in [-0.05, 0) is 25.5 Å². The predicted octanol–water partition coefficient (Wildman–Crippen LogP) is 2.52. The normalized spacial score (nSPS) is 25.4. The molecule has 2 N–H and O–H groups in total. The van der Waals surface area contributed by atoms with Gasteiger partial charge in [-0.25, -0.2) is 4.79 Å². The van der Waals surface area contributed by atoms with Gasteiger partial charge in [0.25, 0.3) is 0 Å². The van der Waals surface area contributed by atoms with Crippen LogP contribution in [0.5, 0.6) is 0 Å². The van der Waals surface area contributed by atoms with Gasteiger partial charge in [0, 0.05) is 11.3 Å². The van der Waals surface area contributed by atoms with E-state index >= 15 is 0 Å². The van der Waals surface area contributed by atoms with E-state index in [1.54, 1.807) is 11.8 Å². The molecule has 2 atom stereocenters. The molecule has 1 saturated carbocycles. The summed E-state index contributed by atoms with van der Waals surface area (Å²) in [5.74, 6) is 0. The van der Waals surface area contributed by atoms with Crippen LogP contribution in [0.4, 0.5) is 18.0 Å². The number of nitrogens with one attached hydrogen (secondary N) is 2. The lowest BCUT2D eigenvalue weighted by atomic mass is 9.95. The summed E-state index contributed by atoms with van der Waals surface area (Å²) in [7, 11) is 0. The van der Waals surface area contributed by atoms with Crippen LogP contribution in [0.2, 0.25) is 0 Å². The maximum atomic E-state index is 11.9. The summed E-state index contributed by atoms with van der Waals surface area (Å²) in [5.41, 5.74) is 0.